The summed E-state index contributed by atoms with van der Waals surface area (Å²) in [7, 11) is 0. The van der Waals surface area contributed by atoms with Crippen molar-refractivity contribution in [3.05, 3.63) is 11.9 Å². The first-order chi connectivity index (χ1) is 7.67. The lowest BCUT2D eigenvalue weighted by Crippen LogP contribution is -1.95. The van der Waals surface area contributed by atoms with Gasteiger partial charge in [0.2, 0.25) is 0 Å². The predicted molar refractivity (Wildman–Crippen MR) is 67.0 cm³/mol. The maximum absolute atomic E-state index is 5.68. The lowest BCUT2D eigenvalue weighted by atomic mass is 10.6. The van der Waals surface area contributed by atoms with Gasteiger partial charge in [-0.3, -0.25) is 0 Å². The molecule has 0 spiro atoms. The average Bonchev–Trinajstić information content (AvgIpc) is 2.63. The van der Waals surface area contributed by atoms with Gasteiger partial charge >= 0.3 is 0 Å². The van der Waals surface area contributed by atoms with Crippen LogP contribution in [0.2, 0.25) is 0 Å². The lowest BCUT2D eigenvalue weighted by molar-refractivity contribution is 0.901. The summed E-state index contributed by atoms with van der Waals surface area (Å²) in [6, 6.07) is 1.74. The largest absolute Gasteiger partial charge is 0.384 e. The average molecular weight is 271 g/mol. The van der Waals surface area contributed by atoms with E-state index in [-0.39, 0.29) is 0 Å². The summed E-state index contributed by atoms with van der Waals surface area (Å²) >= 11 is 4.27. The van der Waals surface area contributed by atoms with E-state index in [4.69, 9.17) is 5.73 Å². The minimum Gasteiger partial charge on any atom is -0.384 e. The highest BCUT2D eigenvalue weighted by atomic mass is 32.2. The van der Waals surface area contributed by atoms with Crippen LogP contribution in [0.1, 0.15) is 5.82 Å². The first-order valence-corrected chi connectivity index (χ1v) is 7.15. The monoisotopic (exact) mass is 271 g/mol. The van der Waals surface area contributed by atoms with Crippen LogP contribution in [0.3, 0.4) is 0 Å². The third-order valence-corrected chi connectivity index (χ3v) is 3.89. The van der Waals surface area contributed by atoms with Crippen LogP contribution >= 0.6 is 35.1 Å². The van der Waals surface area contributed by atoms with Gasteiger partial charge in [0.05, 0.1) is 0 Å². The molecular weight excluding hydrogens is 262 g/mol. The topological polar surface area (TPSA) is 77.6 Å². The SMILES string of the molecule is CSc1nc(N)cc(Sc2nc(C)ns2)n1. The summed E-state index contributed by atoms with van der Waals surface area (Å²) in [5.74, 6) is 1.25. The Labute approximate surface area is 105 Å². The molecule has 2 heterocycles. The number of thioether (sulfide) groups is 1. The highest BCUT2D eigenvalue weighted by Crippen LogP contribution is 2.29. The number of nitrogens with two attached hydrogens (primary N) is 1. The van der Waals surface area contributed by atoms with Gasteiger partial charge in [0, 0.05) is 6.07 Å². The van der Waals surface area contributed by atoms with Crippen molar-refractivity contribution in [1.29, 1.82) is 0 Å². The second-order valence-electron chi connectivity index (χ2n) is 2.83. The van der Waals surface area contributed by atoms with Crippen molar-refractivity contribution in [2.24, 2.45) is 0 Å². The Hall–Kier alpha value is -0.860. The van der Waals surface area contributed by atoms with Crippen molar-refractivity contribution < 1.29 is 0 Å². The normalized spacial score (nSPS) is 10.6. The first kappa shape index (κ1) is 11.6. The summed E-state index contributed by atoms with van der Waals surface area (Å²) in [5.41, 5.74) is 5.68. The first-order valence-electron chi connectivity index (χ1n) is 4.34. The highest BCUT2D eigenvalue weighted by molar-refractivity contribution is 8.01. The maximum atomic E-state index is 5.68. The molecule has 0 aromatic carbocycles. The minimum atomic E-state index is 0.475. The summed E-state index contributed by atoms with van der Waals surface area (Å²) in [4.78, 5) is 12.7. The molecule has 2 aromatic rings. The van der Waals surface area contributed by atoms with Gasteiger partial charge in [0.1, 0.15) is 16.7 Å². The summed E-state index contributed by atoms with van der Waals surface area (Å²) in [6.07, 6.45) is 1.91. The summed E-state index contributed by atoms with van der Waals surface area (Å²) in [6.45, 7) is 1.86. The van der Waals surface area contributed by atoms with E-state index in [0.29, 0.717) is 11.0 Å². The number of anilines is 1. The molecule has 0 aliphatic heterocycles. The van der Waals surface area contributed by atoms with Gasteiger partial charge in [0.25, 0.3) is 0 Å². The predicted octanol–water partition coefficient (Wildman–Crippen LogP) is 2.09. The Morgan fingerprint density at radius 3 is 2.75 bits per heavy atom. The molecule has 0 atom stereocenters. The van der Waals surface area contributed by atoms with Crippen molar-refractivity contribution in [3.63, 3.8) is 0 Å². The van der Waals surface area contributed by atoms with E-state index in [1.54, 1.807) is 6.07 Å². The fraction of sp³-hybridized carbons (Fsp3) is 0.250. The third-order valence-electron chi connectivity index (χ3n) is 1.59. The zero-order valence-corrected chi connectivity index (χ0v) is 11.1. The Balaban J connectivity index is 2.24. The molecular formula is C8H9N5S3. The van der Waals surface area contributed by atoms with Crippen LogP contribution in [0.4, 0.5) is 5.82 Å². The quantitative estimate of drug-likeness (QED) is 0.520. The molecule has 8 heteroatoms. The molecule has 0 unspecified atom stereocenters. The second-order valence-corrected chi connectivity index (χ2v) is 5.62. The smallest absolute Gasteiger partial charge is 0.190 e. The third kappa shape index (κ3) is 2.83. The van der Waals surface area contributed by atoms with Gasteiger partial charge in [-0.1, -0.05) is 11.8 Å². The summed E-state index contributed by atoms with van der Waals surface area (Å²) < 4.78 is 4.97. The number of aryl methyl sites for hydroxylation is 1. The molecule has 0 amide bonds. The number of hydrogen-bond acceptors (Lipinski definition) is 8. The van der Waals surface area contributed by atoms with E-state index in [1.165, 1.54) is 35.1 Å². The van der Waals surface area contributed by atoms with Crippen LogP contribution in [-0.4, -0.2) is 25.6 Å². The number of hydrogen-bond donors (Lipinski definition) is 1. The molecule has 2 rings (SSSR count). The van der Waals surface area contributed by atoms with Gasteiger partial charge in [-0.15, -0.1) is 0 Å². The van der Waals surface area contributed by atoms with Crippen LogP contribution in [0, 0.1) is 6.92 Å². The fourth-order valence-electron chi connectivity index (χ4n) is 0.973. The molecule has 0 bridgehead atoms. The van der Waals surface area contributed by atoms with Crippen LogP contribution < -0.4 is 5.73 Å². The van der Waals surface area contributed by atoms with Crippen molar-refractivity contribution >= 4 is 40.9 Å². The van der Waals surface area contributed by atoms with Gasteiger partial charge in [-0.25, -0.2) is 15.0 Å². The van der Waals surface area contributed by atoms with Gasteiger partial charge in [-0.2, -0.15) is 4.37 Å². The molecule has 0 fully saturated rings. The molecule has 0 aliphatic carbocycles. The van der Waals surface area contributed by atoms with E-state index < -0.39 is 0 Å². The van der Waals surface area contributed by atoms with E-state index in [1.807, 2.05) is 13.2 Å². The number of nitrogen functional groups attached to an aromatic ring is 1. The van der Waals surface area contributed by atoms with E-state index in [9.17, 15) is 0 Å². The van der Waals surface area contributed by atoms with Crippen molar-refractivity contribution in [3.8, 4) is 0 Å². The molecule has 2 aromatic heterocycles. The number of rotatable bonds is 3. The van der Waals surface area contributed by atoms with Crippen molar-refractivity contribution in [1.82, 2.24) is 19.3 Å². The van der Waals surface area contributed by atoms with E-state index >= 15 is 0 Å². The number of aromatic nitrogens is 4. The molecule has 84 valence electrons. The van der Waals surface area contributed by atoms with E-state index in [2.05, 4.69) is 19.3 Å². The van der Waals surface area contributed by atoms with Crippen LogP contribution in [-0.2, 0) is 0 Å². The van der Waals surface area contributed by atoms with Crippen LogP contribution in [0.5, 0.6) is 0 Å². The maximum Gasteiger partial charge on any atom is 0.190 e. The summed E-state index contributed by atoms with van der Waals surface area (Å²) in [5, 5.41) is 1.47. The highest BCUT2D eigenvalue weighted by Gasteiger charge is 2.07. The molecule has 0 aliphatic rings. The zero-order valence-electron chi connectivity index (χ0n) is 8.67. The Bertz CT molecular complexity index is 498. The molecule has 2 N–H and O–H groups in total. The molecule has 0 radical (unpaired) electrons. The van der Waals surface area contributed by atoms with Crippen LogP contribution in [0.25, 0.3) is 0 Å². The zero-order chi connectivity index (χ0) is 11.5. The number of nitrogens with zero attached hydrogens (tertiary/aromatic N) is 4. The molecule has 0 saturated carbocycles. The van der Waals surface area contributed by atoms with Crippen LogP contribution in [0.15, 0.2) is 20.6 Å². The van der Waals surface area contributed by atoms with Gasteiger partial charge < -0.3 is 5.73 Å². The molecule has 5 nitrogen and oxygen atoms in total. The van der Waals surface area contributed by atoms with E-state index in [0.717, 1.165) is 15.2 Å². The molecule has 16 heavy (non-hydrogen) atoms. The van der Waals surface area contributed by atoms with Gasteiger partial charge in [-0.05, 0) is 36.5 Å². The molecule has 0 saturated heterocycles. The standard InChI is InChI=1S/C8H9N5S3/c1-4-10-8(16-13-4)15-6-3-5(9)11-7(12-6)14-2/h3H,1-2H3,(H2,9,11,12). The van der Waals surface area contributed by atoms with Crippen molar-refractivity contribution in [2.45, 2.75) is 21.4 Å². The minimum absolute atomic E-state index is 0.475. The fourth-order valence-corrected chi connectivity index (χ4v) is 3.03. The van der Waals surface area contributed by atoms with Gasteiger partial charge in [0.15, 0.2) is 9.50 Å². The Morgan fingerprint density at radius 1 is 1.31 bits per heavy atom. The van der Waals surface area contributed by atoms with Crippen molar-refractivity contribution in [2.75, 3.05) is 12.0 Å². The second kappa shape index (κ2) is 4.98. The lowest BCUT2D eigenvalue weighted by Gasteiger charge is -2.00. The Kier molecular flexibility index (Phi) is 3.62. The Morgan fingerprint density at radius 2 is 2.12 bits per heavy atom.